The Morgan fingerprint density at radius 2 is 1.71 bits per heavy atom. The molecular formula is C14H29N3. The van der Waals surface area contributed by atoms with Gasteiger partial charge < -0.3 is 10.6 Å². The van der Waals surface area contributed by atoms with Crippen LogP contribution < -0.4 is 5.73 Å². The van der Waals surface area contributed by atoms with Crippen LogP contribution in [0.15, 0.2) is 0 Å². The highest BCUT2D eigenvalue weighted by molar-refractivity contribution is 4.96. The standard InChI is InChI=1S/C14H29N3/c1-3-16-8-10-17(11-9-16)14(12-15)6-4-13(2)5-7-14/h13H,3-12,15H2,1-2H3. The van der Waals surface area contributed by atoms with Gasteiger partial charge in [0, 0.05) is 38.3 Å². The molecule has 1 aliphatic carbocycles. The van der Waals surface area contributed by atoms with E-state index in [1.165, 1.54) is 58.4 Å². The molecule has 1 saturated heterocycles. The lowest BCUT2D eigenvalue weighted by Gasteiger charge is -2.50. The van der Waals surface area contributed by atoms with Gasteiger partial charge in [0.25, 0.3) is 0 Å². The predicted octanol–water partition coefficient (Wildman–Crippen LogP) is 1.53. The summed E-state index contributed by atoms with van der Waals surface area (Å²) in [6.07, 6.45) is 5.37. The molecule has 1 heterocycles. The molecule has 17 heavy (non-hydrogen) atoms. The first-order chi connectivity index (χ1) is 8.20. The van der Waals surface area contributed by atoms with Crippen LogP contribution in [0, 0.1) is 5.92 Å². The lowest BCUT2D eigenvalue weighted by atomic mass is 9.75. The molecule has 0 aromatic heterocycles. The number of piperazine rings is 1. The van der Waals surface area contributed by atoms with Crippen LogP contribution in [-0.2, 0) is 0 Å². The van der Waals surface area contributed by atoms with E-state index in [0.29, 0.717) is 5.54 Å². The molecule has 2 aliphatic rings. The van der Waals surface area contributed by atoms with Gasteiger partial charge in [-0.1, -0.05) is 13.8 Å². The first-order valence-electron chi connectivity index (χ1n) is 7.37. The Bertz CT molecular complexity index is 226. The maximum Gasteiger partial charge on any atom is 0.0333 e. The summed E-state index contributed by atoms with van der Waals surface area (Å²) in [4.78, 5) is 5.25. The topological polar surface area (TPSA) is 32.5 Å². The normalized spacial score (nSPS) is 37.2. The van der Waals surface area contributed by atoms with E-state index in [0.717, 1.165) is 12.5 Å². The Kier molecular flexibility index (Phi) is 4.45. The fraction of sp³-hybridized carbons (Fsp3) is 1.00. The average Bonchev–Trinajstić information content (AvgIpc) is 2.40. The van der Waals surface area contributed by atoms with E-state index in [2.05, 4.69) is 23.6 Å². The summed E-state index contributed by atoms with van der Waals surface area (Å²) in [6.45, 7) is 11.6. The lowest BCUT2D eigenvalue weighted by Crippen LogP contribution is -2.61. The third-order valence-corrected chi connectivity index (χ3v) is 5.08. The van der Waals surface area contributed by atoms with Crippen LogP contribution in [0.1, 0.15) is 39.5 Å². The molecule has 2 rings (SSSR count). The first-order valence-corrected chi connectivity index (χ1v) is 7.37. The highest BCUT2D eigenvalue weighted by atomic mass is 15.3. The molecule has 2 N–H and O–H groups in total. The largest absolute Gasteiger partial charge is 0.329 e. The van der Waals surface area contributed by atoms with Gasteiger partial charge in [-0.15, -0.1) is 0 Å². The Balaban J connectivity index is 1.94. The molecule has 2 fully saturated rings. The van der Waals surface area contributed by atoms with Crippen molar-refractivity contribution in [2.75, 3.05) is 39.3 Å². The van der Waals surface area contributed by atoms with Crippen molar-refractivity contribution in [3.05, 3.63) is 0 Å². The molecule has 0 unspecified atom stereocenters. The Morgan fingerprint density at radius 1 is 1.12 bits per heavy atom. The highest BCUT2D eigenvalue weighted by Gasteiger charge is 2.39. The van der Waals surface area contributed by atoms with Crippen LogP contribution in [0.5, 0.6) is 0 Å². The fourth-order valence-electron chi connectivity index (χ4n) is 3.49. The van der Waals surface area contributed by atoms with Crippen LogP contribution in [0.3, 0.4) is 0 Å². The van der Waals surface area contributed by atoms with Gasteiger partial charge in [-0.25, -0.2) is 0 Å². The summed E-state index contributed by atoms with van der Waals surface area (Å²) in [5, 5.41) is 0. The van der Waals surface area contributed by atoms with Crippen molar-refractivity contribution in [3.63, 3.8) is 0 Å². The predicted molar refractivity (Wildman–Crippen MR) is 73.1 cm³/mol. The van der Waals surface area contributed by atoms with E-state index in [1.54, 1.807) is 0 Å². The maximum absolute atomic E-state index is 6.13. The van der Waals surface area contributed by atoms with Gasteiger partial charge >= 0.3 is 0 Å². The summed E-state index contributed by atoms with van der Waals surface area (Å²) in [6, 6.07) is 0. The van der Waals surface area contributed by atoms with E-state index in [1.807, 2.05) is 0 Å². The Morgan fingerprint density at radius 3 is 2.18 bits per heavy atom. The monoisotopic (exact) mass is 239 g/mol. The van der Waals surface area contributed by atoms with Crippen molar-refractivity contribution in [1.82, 2.24) is 9.80 Å². The Labute approximate surface area is 106 Å². The van der Waals surface area contributed by atoms with Gasteiger partial charge in [0.05, 0.1) is 0 Å². The molecule has 0 spiro atoms. The van der Waals surface area contributed by atoms with E-state index in [4.69, 9.17) is 5.73 Å². The third-order valence-electron chi connectivity index (χ3n) is 5.08. The van der Waals surface area contributed by atoms with Crippen molar-refractivity contribution < 1.29 is 0 Å². The van der Waals surface area contributed by atoms with Crippen LogP contribution in [0.4, 0.5) is 0 Å². The van der Waals surface area contributed by atoms with Gasteiger partial charge in [0.2, 0.25) is 0 Å². The zero-order valence-electron chi connectivity index (χ0n) is 11.6. The smallest absolute Gasteiger partial charge is 0.0333 e. The molecule has 0 atom stereocenters. The molecule has 0 amide bonds. The summed E-state index contributed by atoms with van der Waals surface area (Å²) < 4.78 is 0. The minimum Gasteiger partial charge on any atom is -0.329 e. The summed E-state index contributed by atoms with van der Waals surface area (Å²) in [7, 11) is 0. The molecule has 1 saturated carbocycles. The van der Waals surface area contributed by atoms with Crippen LogP contribution in [-0.4, -0.2) is 54.6 Å². The summed E-state index contributed by atoms with van der Waals surface area (Å²) >= 11 is 0. The van der Waals surface area contributed by atoms with E-state index in [-0.39, 0.29) is 0 Å². The molecule has 1 aliphatic heterocycles. The van der Waals surface area contributed by atoms with E-state index >= 15 is 0 Å². The molecule has 0 aromatic rings. The minimum absolute atomic E-state index is 0.340. The molecular weight excluding hydrogens is 210 g/mol. The molecule has 0 bridgehead atoms. The maximum atomic E-state index is 6.13. The minimum atomic E-state index is 0.340. The SMILES string of the molecule is CCN1CCN(C2(CN)CCC(C)CC2)CC1. The zero-order chi connectivity index (χ0) is 12.3. The van der Waals surface area contributed by atoms with Crippen molar-refractivity contribution in [2.24, 2.45) is 11.7 Å². The van der Waals surface area contributed by atoms with Crippen molar-refractivity contribution >= 4 is 0 Å². The van der Waals surface area contributed by atoms with Gasteiger partial charge in [-0.2, -0.15) is 0 Å². The van der Waals surface area contributed by atoms with Crippen LogP contribution in [0.2, 0.25) is 0 Å². The zero-order valence-corrected chi connectivity index (χ0v) is 11.6. The first kappa shape index (κ1) is 13.3. The number of nitrogens with two attached hydrogens (primary N) is 1. The molecule has 100 valence electrons. The van der Waals surface area contributed by atoms with E-state index < -0.39 is 0 Å². The van der Waals surface area contributed by atoms with Gasteiger partial charge in [-0.3, -0.25) is 4.90 Å². The molecule has 3 nitrogen and oxygen atoms in total. The van der Waals surface area contributed by atoms with Crippen molar-refractivity contribution in [3.8, 4) is 0 Å². The van der Waals surface area contributed by atoms with Crippen LogP contribution in [0.25, 0.3) is 0 Å². The molecule has 3 heteroatoms. The lowest BCUT2D eigenvalue weighted by molar-refractivity contribution is 0.00643. The number of likely N-dealkylation sites (N-methyl/N-ethyl adjacent to an activating group) is 1. The highest BCUT2D eigenvalue weighted by Crippen LogP contribution is 2.36. The number of hydrogen-bond acceptors (Lipinski definition) is 3. The van der Waals surface area contributed by atoms with Gasteiger partial charge in [0.1, 0.15) is 0 Å². The molecule has 0 radical (unpaired) electrons. The second-order valence-corrected chi connectivity index (χ2v) is 6.03. The number of nitrogens with zero attached hydrogens (tertiary/aromatic N) is 2. The summed E-state index contributed by atoms with van der Waals surface area (Å²) in [5.41, 5.74) is 6.47. The van der Waals surface area contributed by atoms with Gasteiger partial charge in [0.15, 0.2) is 0 Å². The third kappa shape index (κ3) is 2.83. The van der Waals surface area contributed by atoms with E-state index in [9.17, 15) is 0 Å². The second-order valence-electron chi connectivity index (χ2n) is 6.03. The number of rotatable bonds is 3. The second kappa shape index (κ2) is 5.68. The summed E-state index contributed by atoms with van der Waals surface area (Å²) in [5.74, 6) is 0.909. The van der Waals surface area contributed by atoms with Crippen molar-refractivity contribution in [2.45, 2.75) is 45.1 Å². The Hall–Kier alpha value is -0.120. The quantitative estimate of drug-likeness (QED) is 0.811. The number of hydrogen-bond donors (Lipinski definition) is 1. The van der Waals surface area contributed by atoms with Crippen molar-refractivity contribution in [1.29, 1.82) is 0 Å². The van der Waals surface area contributed by atoms with Gasteiger partial charge in [-0.05, 0) is 38.1 Å². The average molecular weight is 239 g/mol. The fourth-order valence-corrected chi connectivity index (χ4v) is 3.49. The molecule has 0 aromatic carbocycles. The van der Waals surface area contributed by atoms with Crippen LogP contribution >= 0.6 is 0 Å².